The van der Waals surface area contributed by atoms with Crippen molar-refractivity contribution in [1.82, 2.24) is 11.0 Å². The van der Waals surface area contributed by atoms with Crippen LogP contribution in [0.4, 0.5) is 5.69 Å². The van der Waals surface area contributed by atoms with Gasteiger partial charge in [0.25, 0.3) is 0 Å². The third kappa shape index (κ3) is 1.75. The number of rotatable bonds is 1. The summed E-state index contributed by atoms with van der Waals surface area (Å²) in [4.78, 5) is 6.02. The summed E-state index contributed by atoms with van der Waals surface area (Å²) in [5.41, 5.74) is 8.38. The van der Waals surface area contributed by atoms with Crippen molar-refractivity contribution < 1.29 is 9.25 Å². The van der Waals surface area contributed by atoms with E-state index >= 15 is 0 Å². The first kappa shape index (κ1) is 12.0. The van der Waals surface area contributed by atoms with E-state index in [2.05, 4.69) is 17.1 Å². The van der Waals surface area contributed by atoms with Crippen molar-refractivity contribution in [1.29, 1.82) is 0 Å². The smallest absolute Gasteiger partial charge is 0.163 e. The topological polar surface area (TPSA) is 49.7 Å². The van der Waals surface area contributed by atoms with E-state index in [4.69, 9.17) is 9.25 Å². The highest BCUT2D eigenvalue weighted by molar-refractivity contribution is 5.81. The lowest BCUT2D eigenvalue weighted by molar-refractivity contribution is -0.153. The van der Waals surface area contributed by atoms with Gasteiger partial charge in [0.1, 0.15) is 5.58 Å². The Hall–Kier alpha value is -1.56. The van der Waals surface area contributed by atoms with Crippen LogP contribution in [-0.4, -0.2) is 5.72 Å². The predicted octanol–water partition coefficient (Wildman–Crippen LogP) is 3.10. The summed E-state index contributed by atoms with van der Waals surface area (Å²) >= 11 is 0. The molecule has 1 spiro atoms. The molecule has 0 radical (unpaired) electrons. The summed E-state index contributed by atoms with van der Waals surface area (Å²) in [5, 5.41) is 3.01. The molecule has 110 valence electrons. The molecule has 0 unspecified atom stereocenters. The molecular weight excluding hydrogens is 266 g/mol. The molecule has 4 aliphatic rings. The molecule has 6 rings (SSSR count). The summed E-state index contributed by atoms with van der Waals surface area (Å²) in [7, 11) is 0. The normalized spacial score (nSPS) is 35.1. The Morgan fingerprint density at radius 3 is 2.86 bits per heavy atom. The Balaban J connectivity index is 1.44. The lowest BCUT2D eigenvalue weighted by Gasteiger charge is -2.47. The van der Waals surface area contributed by atoms with Crippen molar-refractivity contribution in [3.8, 4) is 0 Å². The minimum absolute atomic E-state index is 0.216. The van der Waals surface area contributed by atoms with Gasteiger partial charge >= 0.3 is 0 Å². The zero-order chi connectivity index (χ0) is 13.9. The van der Waals surface area contributed by atoms with Gasteiger partial charge < -0.3 is 4.42 Å². The van der Waals surface area contributed by atoms with Crippen LogP contribution in [0.5, 0.6) is 0 Å². The molecule has 3 aliphatic carbocycles. The van der Waals surface area contributed by atoms with Gasteiger partial charge in [-0.2, -0.15) is 5.43 Å². The van der Waals surface area contributed by atoms with Gasteiger partial charge in [-0.15, -0.1) is 0 Å². The summed E-state index contributed by atoms with van der Waals surface area (Å²) in [6, 6.07) is 8.11. The van der Waals surface area contributed by atoms with Crippen LogP contribution >= 0.6 is 0 Å². The largest absolute Gasteiger partial charge is 0.464 e. The maximum absolute atomic E-state index is 6.02. The molecule has 3 saturated carbocycles. The Kier molecular flexibility index (Phi) is 2.42. The lowest BCUT2D eigenvalue weighted by atomic mass is 9.66. The third-order valence-electron chi connectivity index (χ3n) is 5.41. The van der Waals surface area contributed by atoms with Crippen LogP contribution in [0.2, 0.25) is 0 Å². The van der Waals surface area contributed by atoms with Crippen molar-refractivity contribution in [2.24, 2.45) is 11.8 Å². The summed E-state index contributed by atoms with van der Waals surface area (Å²) in [6.45, 7) is 0. The minimum atomic E-state index is -0.216. The highest BCUT2D eigenvalue weighted by Gasteiger charge is 2.53. The van der Waals surface area contributed by atoms with E-state index in [1.165, 1.54) is 25.7 Å². The van der Waals surface area contributed by atoms with Crippen molar-refractivity contribution in [2.75, 3.05) is 5.12 Å². The average molecular weight is 285 g/mol. The fourth-order valence-corrected chi connectivity index (χ4v) is 4.26. The molecule has 1 saturated heterocycles. The first-order valence-electron chi connectivity index (χ1n) is 7.81. The summed E-state index contributed by atoms with van der Waals surface area (Å²) < 4.78 is 5.40. The zero-order valence-corrected chi connectivity index (χ0v) is 11.8. The Morgan fingerprint density at radius 1 is 1.14 bits per heavy atom. The SMILES string of the molecule is c1cc2cc(N3NO[C@@]4(CC5CCC4CC5)N3)ccc2o1. The molecule has 2 heterocycles. The number of hydrogen-bond donors (Lipinski definition) is 2. The van der Waals surface area contributed by atoms with E-state index < -0.39 is 0 Å². The molecule has 21 heavy (non-hydrogen) atoms. The van der Waals surface area contributed by atoms with Crippen LogP contribution in [0, 0.1) is 11.8 Å². The van der Waals surface area contributed by atoms with E-state index in [0.717, 1.165) is 29.0 Å². The summed E-state index contributed by atoms with van der Waals surface area (Å²) in [5.74, 6) is 1.42. The van der Waals surface area contributed by atoms with E-state index in [0.29, 0.717) is 5.92 Å². The number of nitrogens with zero attached hydrogens (tertiary/aromatic N) is 1. The van der Waals surface area contributed by atoms with Crippen LogP contribution < -0.4 is 16.1 Å². The van der Waals surface area contributed by atoms with Gasteiger partial charge in [-0.1, -0.05) is 5.59 Å². The first-order valence-corrected chi connectivity index (χ1v) is 7.81. The molecule has 2 bridgehead atoms. The van der Waals surface area contributed by atoms with Gasteiger partial charge in [-0.05, 0) is 62.3 Å². The van der Waals surface area contributed by atoms with E-state index in [1.807, 2.05) is 23.3 Å². The minimum Gasteiger partial charge on any atom is -0.464 e. The Bertz CT molecular complexity index is 677. The number of nitrogens with one attached hydrogen (secondary N) is 2. The fourth-order valence-electron chi connectivity index (χ4n) is 4.26. The highest BCUT2D eigenvalue weighted by atomic mass is 16.7. The Morgan fingerprint density at radius 2 is 2.05 bits per heavy atom. The van der Waals surface area contributed by atoms with Crippen LogP contribution in [0.3, 0.4) is 0 Å². The molecule has 1 aromatic heterocycles. The number of anilines is 1. The Labute approximate surface area is 123 Å². The van der Waals surface area contributed by atoms with Gasteiger partial charge in [0.05, 0.1) is 12.0 Å². The van der Waals surface area contributed by atoms with Crippen LogP contribution in [0.1, 0.15) is 32.1 Å². The molecule has 5 nitrogen and oxygen atoms in total. The standard InChI is InChI=1S/C16H19N3O2/c1-3-13-4-2-11(1)10-16(13)17-19(18-21-16)14-5-6-15-12(9-14)7-8-20-15/h5-9,11,13,17-18H,1-4,10H2/t11?,13?,16-/m1/s1. The lowest BCUT2D eigenvalue weighted by Crippen LogP contribution is -2.57. The van der Waals surface area contributed by atoms with Gasteiger partial charge in [0.2, 0.25) is 0 Å². The first-order chi connectivity index (χ1) is 10.3. The fraction of sp³-hybridized carbons (Fsp3) is 0.500. The molecule has 2 aromatic rings. The second-order valence-corrected chi connectivity index (χ2v) is 6.59. The summed E-state index contributed by atoms with van der Waals surface area (Å²) in [6.07, 6.45) is 8.09. The maximum Gasteiger partial charge on any atom is 0.163 e. The number of fused-ring (bicyclic) bond motifs is 3. The zero-order valence-electron chi connectivity index (χ0n) is 11.8. The molecule has 1 aliphatic heterocycles. The number of furan rings is 1. The maximum atomic E-state index is 6.02. The van der Waals surface area contributed by atoms with Gasteiger partial charge in [0.15, 0.2) is 5.72 Å². The second-order valence-electron chi connectivity index (χ2n) is 6.59. The van der Waals surface area contributed by atoms with Crippen molar-refractivity contribution >= 4 is 16.7 Å². The average Bonchev–Trinajstić information content (AvgIpc) is 3.15. The number of hydrazine groups is 2. The van der Waals surface area contributed by atoms with Crippen molar-refractivity contribution in [3.63, 3.8) is 0 Å². The van der Waals surface area contributed by atoms with E-state index in [9.17, 15) is 0 Å². The molecule has 0 amide bonds. The molecule has 1 atom stereocenters. The van der Waals surface area contributed by atoms with Crippen LogP contribution in [0.25, 0.3) is 11.0 Å². The molecule has 1 aromatic carbocycles. The highest BCUT2D eigenvalue weighted by Crippen LogP contribution is 2.49. The monoisotopic (exact) mass is 285 g/mol. The molecule has 5 heteroatoms. The van der Waals surface area contributed by atoms with Crippen molar-refractivity contribution in [2.45, 2.75) is 37.8 Å². The van der Waals surface area contributed by atoms with Crippen molar-refractivity contribution in [3.05, 3.63) is 30.5 Å². The third-order valence-corrected chi connectivity index (χ3v) is 5.41. The second kappa shape index (κ2) is 4.22. The van der Waals surface area contributed by atoms with Crippen LogP contribution in [-0.2, 0) is 4.84 Å². The van der Waals surface area contributed by atoms with Crippen LogP contribution in [0.15, 0.2) is 34.9 Å². The van der Waals surface area contributed by atoms with E-state index in [1.54, 1.807) is 6.26 Å². The van der Waals surface area contributed by atoms with Gasteiger partial charge in [-0.3, -0.25) is 4.84 Å². The molecule has 2 N–H and O–H groups in total. The molecule has 4 fully saturated rings. The quantitative estimate of drug-likeness (QED) is 0.843. The predicted molar refractivity (Wildman–Crippen MR) is 78.8 cm³/mol. The van der Waals surface area contributed by atoms with E-state index in [-0.39, 0.29) is 5.72 Å². The van der Waals surface area contributed by atoms with Gasteiger partial charge in [-0.25, -0.2) is 5.12 Å². The number of hydrogen-bond acceptors (Lipinski definition) is 5. The molecular formula is C16H19N3O2. The number of benzene rings is 1. The van der Waals surface area contributed by atoms with Gasteiger partial charge in [0, 0.05) is 11.3 Å².